The first kappa shape index (κ1) is 21.1. The van der Waals surface area contributed by atoms with Crippen LogP contribution in [0.3, 0.4) is 0 Å². The molecule has 13 heteroatoms. The third kappa shape index (κ3) is 3.53. The predicted molar refractivity (Wildman–Crippen MR) is 114 cm³/mol. The zero-order valence-electron chi connectivity index (χ0n) is 16.4. The molecule has 3 heterocycles. The van der Waals surface area contributed by atoms with E-state index in [1.165, 1.54) is 20.7 Å². The third-order valence-corrected chi connectivity index (χ3v) is 9.91. The van der Waals surface area contributed by atoms with Crippen LogP contribution in [0, 0.1) is 0 Å². The molecule has 0 N–H and O–H groups in total. The molecule has 166 valence electrons. The van der Waals surface area contributed by atoms with Gasteiger partial charge in [0.25, 0.3) is 0 Å². The standard InChI is InChI=1S/C18H20N4O6S3/c23-30(24,21-4-8-27-9-5-21)15-3-1-2-13-16(12-14-18(17(13)15)20-29-19-14)31(25,26)22-6-10-28-11-7-22/h1-3,12H,4-11H2. The van der Waals surface area contributed by atoms with Gasteiger partial charge in [-0.3, -0.25) is 0 Å². The van der Waals surface area contributed by atoms with E-state index in [2.05, 4.69) is 8.75 Å². The fourth-order valence-corrected chi connectivity index (χ4v) is 7.70. The van der Waals surface area contributed by atoms with Crippen molar-refractivity contribution in [2.45, 2.75) is 9.79 Å². The quantitative estimate of drug-likeness (QED) is 0.536. The maximum Gasteiger partial charge on any atom is 0.243 e. The first-order chi connectivity index (χ1) is 14.9. The van der Waals surface area contributed by atoms with Crippen LogP contribution in [0.5, 0.6) is 0 Å². The minimum absolute atomic E-state index is 0.0311. The van der Waals surface area contributed by atoms with E-state index in [-0.39, 0.29) is 41.4 Å². The molecular weight excluding hydrogens is 464 g/mol. The third-order valence-electron chi connectivity index (χ3n) is 5.49. The highest BCUT2D eigenvalue weighted by Crippen LogP contribution is 2.37. The molecule has 0 unspecified atom stereocenters. The number of hydrogen-bond donors (Lipinski definition) is 0. The summed E-state index contributed by atoms with van der Waals surface area (Å²) in [5.41, 5.74) is 0.738. The Kier molecular flexibility index (Phi) is 5.45. The Hall–Kier alpha value is -1.74. The van der Waals surface area contributed by atoms with E-state index in [0.717, 1.165) is 11.7 Å². The van der Waals surface area contributed by atoms with E-state index in [1.807, 2.05) is 0 Å². The zero-order valence-corrected chi connectivity index (χ0v) is 18.9. The molecule has 2 aromatic carbocycles. The van der Waals surface area contributed by atoms with Gasteiger partial charge in [0.2, 0.25) is 20.0 Å². The Bertz CT molecular complexity index is 1300. The molecule has 5 rings (SSSR count). The number of rotatable bonds is 4. The molecule has 2 aliphatic heterocycles. The summed E-state index contributed by atoms with van der Waals surface area (Å²) in [6.07, 6.45) is 0. The van der Waals surface area contributed by atoms with Gasteiger partial charge < -0.3 is 9.47 Å². The first-order valence-corrected chi connectivity index (χ1v) is 13.4. The van der Waals surface area contributed by atoms with Gasteiger partial charge >= 0.3 is 0 Å². The van der Waals surface area contributed by atoms with Crippen LogP contribution >= 0.6 is 11.7 Å². The summed E-state index contributed by atoms with van der Waals surface area (Å²) in [6.45, 7) is 2.21. The maximum absolute atomic E-state index is 13.5. The molecule has 1 aromatic heterocycles. The molecule has 0 atom stereocenters. The molecule has 0 saturated carbocycles. The number of morpholine rings is 2. The van der Waals surface area contributed by atoms with E-state index in [4.69, 9.17) is 9.47 Å². The lowest BCUT2D eigenvalue weighted by molar-refractivity contribution is 0.0730. The van der Waals surface area contributed by atoms with Gasteiger partial charge in [0.1, 0.15) is 11.0 Å². The number of aromatic nitrogens is 2. The van der Waals surface area contributed by atoms with Gasteiger partial charge in [0, 0.05) is 37.0 Å². The topological polar surface area (TPSA) is 119 Å². The highest BCUT2D eigenvalue weighted by Gasteiger charge is 2.33. The molecule has 0 spiro atoms. The number of fused-ring (bicyclic) bond motifs is 3. The van der Waals surface area contributed by atoms with Gasteiger partial charge in [-0.25, -0.2) is 16.8 Å². The van der Waals surface area contributed by atoms with E-state index in [9.17, 15) is 16.8 Å². The normalized spacial score (nSPS) is 19.9. The van der Waals surface area contributed by atoms with Gasteiger partial charge in [0.05, 0.1) is 47.9 Å². The molecule has 31 heavy (non-hydrogen) atoms. The summed E-state index contributed by atoms with van der Waals surface area (Å²) < 4.78 is 75.7. The van der Waals surface area contributed by atoms with Gasteiger partial charge in [-0.1, -0.05) is 12.1 Å². The number of ether oxygens (including phenoxy) is 2. The Morgan fingerprint density at radius 2 is 1.39 bits per heavy atom. The molecule has 10 nitrogen and oxygen atoms in total. The monoisotopic (exact) mass is 484 g/mol. The first-order valence-electron chi connectivity index (χ1n) is 9.74. The van der Waals surface area contributed by atoms with Crippen LogP contribution in [-0.2, 0) is 29.5 Å². The molecule has 3 aromatic rings. The van der Waals surface area contributed by atoms with Crippen LogP contribution in [0.25, 0.3) is 21.8 Å². The fraction of sp³-hybridized carbons (Fsp3) is 0.444. The second kappa shape index (κ2) is 7.99. The highest BCUT2D eigenvalue weighted by atomic mass is 32.2. The number of hydrogen-bond acceptors (Lipinski definition) is 9. The van der Waals surface area contributed by atoms with Crippen LogP contribution in [0.2, 0.25) is 0 Å². The number of benzene rings is 2. The summed E-state index contributed by atoms with van der Waals surface area (Å²) >= 11 is 0.921. The van der Waals surface area contributed by atoms with Crippen molar-refractivity contribution in [1.82, 2.24) is 17.4 Å². The van der Waals surface area contributed by atoms with E-state index >= 15 is 0 Å². The summed E-state index contributed by atoms with van der Waals surface area (Å²) in [7, 11) is -7.77. The van der Waals surface area contributed by atoms with Crippen LogP contribution in [-0.4, -0.2) is 86.8 Å². The average Bonchev–Trinajstić information content (AvgIpc) is 3.28. The minimum atomic E-state index is -3.88. The molecule has 2 aliphatic rings. The van der Waals surface area contributed by atoms with E-state index in [1.54, 1.807) is 12.1 Å². The average molecular weight is 485 g/mol. The summed E-state index contributed by atoms with van der Waals surface area (Å²) in [5, 5.41) is 0.605. The molecular formula is C18H20N4O6S3. The fourth-order valence-electron chi connectivity index (χ4n) is 3.93. The van der Waals surface area contributed by atoms with Gasteiger partial charge in [-0.05, 0) is 12.1 Å². The molecule has 0 aliphatic carbocycles. The highest BCUT2D eigenvalue weighted by molar-refractivity contribution is 7.89. The summed E-state index contributed by atoms with van der Waals surface area (Å²) in [6, 6.07) is 6.17. The molecule has 0 bridgehead atoms. The lowest BCUT2D eigenvalue weighted by Gasteiger charge is -2.28. The minimum Gasteiger partial charge on any atom is -0.379 e. The SMILES string of the molecule is O=S(=O)(c1cc2nsnc2c2c(S(=O)(=O)N3CCOCC3)cccc12)N1CCOCC1. The molecule has 0 radical (unpaired) electrons. The Balaban J connectivity index is 1.77. The van der Waals surface area contributed by atoms with Crippen LogP contribution in [0.15, 0.2) is 34.1 Å². The van der Waals surface area contributed by atoms with Crippen LogP contribution < -0.4 is 0 Å². The smallest absolute Gasteiger partial charge is 0.243 e. The zero-order chi connectivity index (χ0) is 21.6. The van der Waals surface area contributed by atoms with Crippen molar-refractivity contribution in [3.05, 3.63) is 24.3 Å². The molecule has 2 saturated heterocycles. The van der Waals surface area contributed by atoms with Crippen LogP contribution in [0.1, 0.15) is 0 Å². The predicted octanol–water partition coefficient (Wildman–Crippen LogP) is 0.886. The van der Waals surface area contributed by atoms with Gasteiger partial charge in [-0.2, -0.15) is 17.4 Å². The molecule has 0 amide bonds. The Labute approximate surface area is 183 Å². The largest absolute Gasteiger partial charge is 0.379 e. The molecule has 2 fully saturated rings. The second-order valence-corrected chi connectivity index (χ2v) is 11.6. The number of nitrogens with zero attached hydrogens (tertiary/aromatic N) is 4. The van der Waals surface area contributed by atoms with Gasteiger partial charge in [-0.15, -0.1) is 0 Å². The van der Waals surface area contributed by atoms with Crippen LogP contribution in [0.4, 0.5) is 0 Å². The van der Waals surface area contributed by atoms with E-state index < -0.39 is 20.0 Å². The Morgan fingerprint density at radius 3 is 2.00 bits per heavy atom. The van der Waals surface area contributed by atoms with Crippen molar-refractivity contribution >= 4 is 53.6 Å². The lowest BCUT2D eigenvalue weighted by Crippen LogP contribution is -2.41. The van der Waals surface area contributed by atoms with Crippen molar-refractivity contribution in [2.24, 2.45) is 0 Å². The van der Waals surface area contributed by atoms with E-state index in [0.29, 0.717) is 42.8 Å². The lowest BCUT2D eigenvalue weighted by atomic mass is 10.1. The Morgan fingerprint density at radius 1 is 0.806 bits per heavy atom. The summed E-state index contributed by atoms with van der Waals surface area (Å²) in [4.78, 5) is 0.0623. The van der Waals surface area contributed by atoms with Gasteiger partial charge in [0.15, 0.2) is 0 Å². The van der Waals surface area contributed by atoms with Crippen molar-refractivity contribution < 1.29 is 26.3 Å². The summed E-state index contributed by atoms with van der Waals surface area (Å²) in [5.74, 6) is 0. The van der Waals surface area contributed by atoms with Crippen molar-refractivity contribution in [1.29, 1.82) is 0 Å². The van der Waals surface area contributed by atoms with Crippen molar-refractivity contribution in [3.8, 4) is 0 Å². The second-order valence-electron chi connectivity index (χ2n) is 7.22. The maximum atomic E-state index is 13.5. The van der Waals surface area contributed by atoms with Crippen molar-refractivity contribution in [3.63, 3.8) is 0 Å². The van der Waals surface area contributed by atoms with Crippen molar-refractivity contribution in [2.75, 3.05) is 52.6 Å². The number of sulfonamides is 2.